The molecule has 14 heteroatoms. The summed E-state index contributed by atoms with van der Waals surface area (Å²) in [7, 11) is 7.05. The number of H-pyrrole nitrogens is 1. The minimum Gasteiger partial charge on any atom is -0.554 e. The first kappa shape index (κ1) is 30.6. The molecule has 2 aromatic carbocycles. The van der Waals surface area contributed by atoms with Crippen molar-refractivity contribution < 1.29 is 37.1 Å². The molecule has 0 amide bonds. The summed E-state index contributed by atoms with van der Waals surface area (Å²) in [5.41, 5.74) is 0.458. The van der Waals surface area contributed by atoms with E-state index in [1.54, 1.807) is 25.1 Å². The van der Waals surface area contributed by atoms with Crippen LogP contribution in [0.3, 0.4) is 0 Å². The summed E-state index contributed by atoms with van der Waals surface area (Å²) in [6.07, 6.45) is -4.61. The zero-order valence-corrected chi connectivity index (χ0v) is 22.8. The molecule has 11 nitrogen and oxygen atoms in total. The van der Waals surface area contributed by atoms with Crippen molar-refractivity contribution in [3.8, 4) is 6.07 Å². The molecule has 3 aromatic rings. The summed E-state index contributed by atoms with van der Waals surface area (Å²) in [5, 5.41) is 24.2. The largest absolute Gasteiger partial charge is 0.554 e. The Morgan fingerprint density at radius 1 is 1.24 bits per heavy atom. The first-order valence-corrected chi connectivity index (χ1v) is 12.0. The maximum absolute atomic E-state index is 13.5. The third-order valence-electron chi connectivity index (χ3n) is 6.19. The molecule has 0 spiro atoms. The van der Waals surface area contributed by atoms with Crippen LogP contribution in [0.25, 0.3) is 0 Å². The lowest BCUT2D eigenvalue weighted by molar-refractivity contribution is -0.884. The lowest BCUT2D eigenvalue weighted by Crippen LogP contribution is -2.39. The summed E-state index contributed by atoms with van der Waals surface area (Å²) in [4.78, 5) is 35.9. The number of nitriles is 1. The van der Waals surface area contributed by atoms with Gasteiger partial charge in [-0.2, -0.15) is 18.4 Å². The monoisotopic (exact) mass is 572 g/mol. The molecular formula is C27H27F3N6O5. The summed E-state index contributed by atoms with van der Waals surface area (Å²) in [6.45, 7) is 1.51. The van der Waals surface area contributed by atoms with Crippen molar-refractivity contribution in [3.05, 3.63) is 86.5 Å². The van der Waals surface area contributed by atoms with E-state index in [1.807, 2.05) is 21.1 Å². The summed E-state index contributed by atoms with van der Waals surface area (Å²) < 4.78 is 47.3. The fourth-order valence-corrected chi connectivity index (χ4v) is 4.67. The first-order valence-electron chi connectivity index (χ1n) is 12.0. The predicted molar refractivity (Wildman–Crippen MR) is 138 cm³/mol. The Hall–Kier alpha value is -4.90. The third kappa shape index (κ3) is 6.30. The van der Waals surface area contributed by atoms with Crippen molar-refractivity contribution >= 4 is 24.1 Å². The number of alkyl halides is 3. The quantitative estimate of drug-likeness (QED) is 0.279. The molecule has 0 bridgehead atoms. The molecule has 41 heavy (non-hydrogen) atoms. The number of methoxy groups -OCH3 is 1. The Morgan fingerprint density at radius 2 is 1.90 bits per heavy atom. The van der Waals surface area contributed by atoms with Gasteiger partial charge in [0, 0.05) is 23.4 Å². The second-order valence-corrected chi connectivity index (χ2v) is 10.0. The van der Waals surface area contributed by atoms with E-state index in [1.165, 1.54) is 28.7 Å². The number of esters is 1. The van der Waals surface area contributed by atoms with Gasteiger partial charge in [0.2, 0.25) is 5.95 Å². The molecule has 216 valence electrons. The van der Waals surface area contributed by atoms with Gasteiger partial charge >= 0.3 is 17.8 Å². The average molecular weight is 573 g/mol. The average Bonchev–Trinajstić information content (AvgIpc) is 3.27. The second-order valence-electron chi connectivity index (χ2n) is 10.0. The van der Waals surface area contributed by atoms with Crippen LogP contribution >= 0.6 is 0 Å². The lowest BCUT2D eigenvalue weighted by atomic mass is 9.89. The highest BCUT2D eigenvalue weighted by molar-refractivity contribution is 5.93. The SMILES string of the molecule is COC(=O)C1=C(C)N(c2cccc(C(F)(F)F)c2)c2n[nH]c(=O)n2[C@@H]1c1ccc(C#N)cc1C[N+](C)(C)C.O=C[O-]. The molecule has 2 heterocycles. The van der Waals surface area contributed by atoms with Crippen molar-refractivity contribution in [2.75, 3.05) is 33.2 Å². The molecular weight excluding hydrogens is 545 g/mol. The molecule has 1 aliphatic heterocycles. The number of ether oxygens (including phenoxy) is 1. The van der Waals surface area contributed by atoms with Crippen molar-refractivity contribution in [1.82, 2.24) is 14.8 Å². The summed E-state index contributed by atoms with van der Waals surface area (Å²) >= 11 is 0. The molecule has 0 unspecified atom stereocenters. The number of aromatic amines is 1. The molecule has 1 atom stereocenters. The summed E-state index contributed by atoms with van der Waals surface area (Å²) in [6, 6.07) is 10.6. The normalized spacial score (nSPS) is 14.9. The first-order chi connectivity index (χ1) is 19.2. The summed E-state index contributed by atoms with van der Waals surface area (Å²) in [5.74, 6) is -0.756. The highest BCUT2D eigenvalue weighted by Gasteiger charge is 2.41. The fourth-order valence-electron chi connectivity index (χ4n) is 4.67. The highest BCUT2D eigenvalue weighted by atomic mass is 19.4. The maximum atomic E-state index is 13.5. The minimum atomic E-state index is -4.61. The van der Waals surface area contributed by atoms with Gasteiger partial charge in [0.15, 0.2) is 0 Å². The number of carboxylic acid groups (broad SMARTS) is 1. The van der Waals surface area contributed by atoms with Crippen LogP contribution < -0.4 is 15.7 Å². The van der Waals surface area contributed by atoms with E-state index < -0.39 is 35.9 Å². The molecule has 0 saturated carbocycles. The Bertz CT molecular complexity index is 1590. The van der Waals surface area contributed by atoms with Gasteiger partial charge in [0.05, 0.1) is 51.0 Å². The van der Waals surface area contributed by atoms with E-state index >= 15 is 0 Å². The van der Waals surface area contributed by atoms with Crippen molar-refractivity contribution in [1.29, 1.82) is 5.26 Å². The van der Waals surface area contributed by atoms with E-state index in [0.717, 1.165) is 12.1 Å². The number of allylic oxidation sites excluding steroid dienone is 1. The van der Waals surface area contributed by atoms with Gasteiger partial charge in [-0.15, -0.1) is 5.10 Å². The molecule has 0 fully saturated rings. The standard InChI is InChI=1S/C26H25F3N6O3.CH2O2/c1-15-21(23(36)38-5)22(20-10-9-16(13-30)11-17(20)14-35(2,3)4)34-24(31-32-25(34)37)33(15)19-8-6-7-18(12-19)26(27,28)29;2-1-3/h6-12,22H,14H2,1-5H3;1H,(H,2,3)/t22-;/m1./s1. The smallest absolute Gasteiger partial charge is 0.416 e. The topological polar surface area (TPSA) is 144 Å². The number of halogens is 3. The second kappa shape index (κ2) is 11.7. The number of carbonyl (C=O) groups is 2. The van der Waals surface area contributed by atoms with Crippen LogP contribution in [-0.4, -0.2) is 59.9 Å². The van der Waals surface area contributed by atoms with Crippen LogP contribution in [-0.2, 0) is 27.0 Å². The van der Waals surface area contributed by atoms with E-state index in [9.17, 15) is 28.0 Å². The number of nitrogens with one attached hydrogen (secondary N) is 1. The van der Waals surface area contributed by atoms with Crippen LogP contribution in [0.15, 0.2) is 58.5 Å². The van der Waals surface area contributed by atoms with Gasteiger partial charge in [-0.05, 0) is 42.8 Å². The Labute approximate surface area is 232 Å². The Balaban J connectivity index is 0.00000147. The lowest BCUT2D eigenvalue weighted by Gasteiger charge is -2.36. The number of nitrogens with zero attached hydrogens (tertiary/aromatic N) is 5. The van der Waals surface area contributed by atoms with E-state index in [4.69, 9.17) is 14.6 Å². The Kier molecular flexibility index (Phi) is 8.73. The third-order valence-corrected chi connectivity index (χ3v) is 6.19. The van der Waals surface area contributed by atoms with Crippen LogP contribution in [0, 0.1) is 11.3 Å². The van der Waals surface area contributed by atoms with Gasteiger partial charge in [-0.25, -0.2) is 19.3 Å². The molecule has 0 radical (unpaired) electrons. The van der Waals surface area contributed by atoms with Gasteiger partial charge in [0.25, 0.3) is 0 Å². The molecule has 1 aromatic heterocycles. The van der Waals surface area contributed by atoms with Crippen molar-refractivity contribution in [2.45, 2.75) is 25.7 Å². The van der Waals surface area contributed by atoms with Gasteiger partial charge in [-0.3, -0.25) is 4.90 Å². The van der Waals surface area contributed by atoms with E-state index in [0.29, 0.717) is 27.7 Å². The number of carbonyl (C=O) groups excluding carboxylic acids is 2. The van der Waals surface area contributed by atoms with Gasteiger partial charge in [0.1, 0.15) is 12.6 Å². The molecule has 0 saturated heterocycles. The van der Waals surface area contributed by atoms with Crippen LogP contribution in [0.5, 0.6) is 0 Å². The minimum absolute atomic E-state index is 0.00466. The number of hydrogen-bond acceptors (Lipinski definition) is 8. The van der Waals surface area contributed by atoms with E-state index in [-0.39, 0.29) is 22.9 Å². The molecule has 0 aliphatic carbocycles. The molecule has 1 N–H and O–H groups in total. The van der Waals surface area contributed by atoms with Crippen LogP contribution in [0.1, 0.15) is 35.2 Å². The van der Waals surface area contributed by atoms with Crippen LogP contribution in [0.2, 0.25) is 0 Å². The van der Waals surface area contributed by atoms with Crippen molar-refractivity contribution in [2.24, 2.45) is 0 Å². The number of anilines is 2. The number of aromatic nitrogens is 3. The number of quaternary nitrogens is 1. The number of benzene rings is 2. The van der Waals surface area contributed by atoms with Gasteiger partial charge < -0.3 is 19.1 Å². The van der Waals surface area contributed by atoms with E-state index in [2.05, 4.69) is 16.3 Å². The molecule has 1 aliphatic rings. The predicted octanol–water partition coefficient (Wildman–Crippen LogP) is 2.22. The maximum Gasteiger partial charge on any atom is 0.416 e. The zero-order chi connectivity index (χ0) is 30.7. The fraction of sp³-hybridized carbons (Fsp3) is 0.296. The number of rotatable bonds is 5. The van der Waals surface area contributed by atoms with Crippen LogP contribution in [0.4, 0.5) is 24.8 Å². The number of hydrogen-bond donors (Lipinski definition) is 1. The number of fused-ring (bicyclic) bond motifs is 1. The zero-order valence-electron chi connectivity index (χ0n) is 22.8. The highest BCUT2D eigenvalue weighted by Crippen LogP contribution is 2.43. The van der Waals surface area contributed by atoms with Crippen molar-refractivity contribution in [3.63, 3.8) is 0 Å². The molecule has 4 rings (SSSR count). The Morgan fingerprint density at radius 3 is 2.46 bits per heavy atom. The van der Waals surface area contributed by atoms with Gasteiger partial charge in [-0.1, -0.05) is 12.1 Å².